The molecule has 2 atom stereocenters. The van der Waals surface area contributed by atoms with E-state index in [1.807, 2.05) is 50.2 Å². The van der Waals surface area contributed by atoms with E-state index in [1.165, 1.54) is 32.1 Å². The van der Waals surface area contributed by atoms with Crippen molar-refractivity contribution >= 4 is 22.5 Å². The largest absolute Gasteiger partial charge is 0.456 e. The third-order valence-corrected chi connectivity index (χ3v) is 7.49. The Bertz CT molecular complexity index is 1200. The summed E-state index contributed by atoms with van der Waals surface area (Å²) in [7, 11) is 0. The summed E-state index contributed by atoms with van der Waals surface area (Å²) >= 11 is 0. The highest BCUT2D eigenvalue weighted by Gasteiger charge is 2.43. The summed E-state index contributed by atoms with van der Waals surface area (Å²) in [6.07, 6.45) is 9.59. The summed E-state index contributed by atoms with van der Waals surface area (Å²) in [4.78, 5) is 17.2. The van der Waals surface area contributed by atoms with Gasteiger partial charge >= 0.3 is 6.03 Å². The van der Waals surface area contributed by atoms with Crippen LogP contribution in [0.1, 0.15) is 55.3 Å². The van der Waals surface area contributed by atoms with Crippen molar-refractivity contribution < 1.29 is 9.53 Å². The Morgan fingerprint density at radius 3 is 2.62 bits per heavy atom. The van der Waals surface area contributed by atoms with Gasteiger partial charge in [0.25, 0.3) is 0 Å². The number of aromatic nitrogens is 1. The molecule has 2 aromatic carbocycles. The van der Waals surface area contributed by atoms with Crippen molar-refractivity contribution in [1.82, 2.24) is 10.3 Å². The topological polar surface area (TPSA) is 89.3 Å². The Labute approximate surface area is 201 Å². The standard InChI is InChI=1S/C28H34N4O2/c1-17-16-30-25(15-29)18(2)27(17)34-26-13-12-23(20-10-6-7-11-21(20)26)31-28(33)32-24-14-22(24)19-8-4-3-5-9-19/h6-7,10-13,16,19,22,24H,3-5,8-9,14-15,29H2,1-2H3,(H2,31,32,33). The highest BCUT2D eigenvalue weighted by Crippen LogP contribution is 2.44. The normalized spacial score (nSPS) is 20.2. The average molecular weight is 459 g/mol. The first-order chi connectivity index (χ1) is 16.5. The van der Waals surface area contributed by atoms with Crippen LogP contribution in [0.5, 0.6) is 11.5 Å². The number of rotatable bonds is 6. The first-order valence-electron chi connectivity index (χ1n) is 12.5. The van der Waals surface area contributed by atoms with Gasteiger partial charge in [0.2, 0.25) is 0 Å². The van der Waals surface area contributed by atoms with Crippen LogP contribution in [0.2, 0.25) is 0 Å². The van der Waals surface area contributed by atoms with Crippen molar-refractivity contribution in [1.29, 1.82) is 0 Å². The van der Waals surface area contributed by atoms with Gasteiger partial charge in [-0.2, -0.15) is 0 Å². The van der Waals surface area contributed by atoms with Crippen LogP contribution in [0.25, 0.3) is 10.8 Å². The van der Waals surface area contributed by atoms with Crippen LogP contribution < -0.4 is 21.1 Å². The summed E-state index contributed by atoms with van der Waals surface area (Å²) < 4.78 is 6.39. The molecule has 0 aliphatic heterocycles. The number of nitrogens with one attached hydrogen (secondary N) is 2. The molecule has 2 amide bonds. The van der Waals surface area contributed by atoms with E-state index in [0.29, 0.717) is 18.5 Å². The van der Waals surface area contributed by atoms with Gasteiger partial charge in [0.05, 0.1) is 11.4 Å². The van der Waals surface area contributed by atoms with E-state index in [2.05, 4.69) is 15.6 Å². The molecule has 3 aromatic rings. The summed E-state index contributed by atoms with van der Waals surface area (Å²) in [5, 5.41) is 8.16. The SMILES string of the molecule is Cc1cnc(CN)c(C)c1Oc1ccc(NC(=O)NC2CC2C2CCCCC2)c2ccccc12. The number of fused-ring (bicyclic) bond motifs is 1. The molecule has 0 bridgehead atoms. The molecule has 2 unspecified atom stereocenters. The van der Waals surface area contributed by atoms with Crippen LogP contribution in [0.3, 0.4) is 0 Å². The Morgan fingerprint density at radius 1 is 1.09 bits per heavy atom. The maximum Gasteiger partial charge on any atom is 0.319 e. The molecule has 2 aliphatic carbocycles. The van der Waals surface area contributed by atoms with Crippen molar-refractivity contribution in [2.75, 3.05) is 5.32 Å². The number of nitrogens with two attached hydrogens (primary N) is 1. The molecule has 0 saturated heterocycles. The van der Waals surface area contributed by atoms with Gasteiger partial charge in [0.1, 0.15) is 11.5 Å². The minimum Gasteiger partial charge on any atom is -0.456 e. The van der Waals surface area contributed by atoms with Crippen molar-refractivity contribution in [2.45, 2.75) is 65.0 Å². The van der Waals surface area contributed by atoms with Gasteiger partial charge in [-0.15, -0.1) is 0 Å². The number of amides is 2. The van der Waals surface area contributed by atoms with Crippen LogP contribution >= 0.6 is 0 Å². The van der Waals surface area contributed by atoms with Crippen molar-refractivity contribution in [2.24, 2.45) is 17.6 Å². The quantitative estimate of drug-likeness (QED) is 0.411. The van der Waals surface area contributed by atoms with Crippen molar-refractivity contribution in [3.05, 3.63) is 59.4 Å². The molecule has 6 heteroatoms. The zero-order valence-electron chi connectivity index (χ0n) is 20.1. The second-order valence-electron chi connectivity index (χ2n) is 9.81. The smallest absolute Gasteiger partial charge is 0.319 e. The Kier molecular flexibility index (Phi) is 6.42. The van der Waals surface area contributed by atoms with Gasteiger partial charge in [-0.3, -0.25) is 4.98 Å². The highest BCUT2D eigenvalue weighted by atomic mass is 16.5. The van der Waals surface area contributed by atoms with Gasteiger partial charge in [-0.25, -0.2) is 4.79 Å². The maximum absolute atomic E-state index is 12.8. The molecular formula is C28H34N4O2. The predicted octanol–water partition coefficient (Wildman–Crippen LogP) is 6.19. The molecule has 2 fully saturated rings. The Balaban J connectivity index is 1.33. The summed E-state index contributed by atoms with van der Waals surface area (Å²) in [5.74, 6) is 2.96. The van der Waals surface area contributed by atoms with Crippen molar-refractivity contribution in [3.63, 3.8) is 0 Å². The van der Waals surface area contributed by atoms with E-state index >= 15 is 0 Å². The number of carbonyl (C=O) groups excluding carboxylic acids is 1. The molecular weight excluding hydrogens is 424 g/mol. The summed E-state index contributed by atoms with van der Waals surface area (Å²) in [6, 6.07) is 12.0. The molecule has 5 rings (SSSR count). The first kappa shape index (κ1) is 22.7. The van der Waals surface area contributed by atoms with E-state index in [4.69, 9.17) is 10.5 Å². The minimum absolute atomic E-state index is 0.129. The fourth-order valence-corrected chi connectivity index (χ4v) is 5.49. The van der Waals surface area contributed by atoms with Crippen LogP contribution in [0.4, 0.5) is 10.5 Å². The third kappa shape index (κ3) is 4.60. The number of aryl methyl sites for hydroxylation is 1. The zero-order chi connectivity index (χ0) is 23.7. The molecule has 2 aliphatic rings. The summed E-state index contributed by atoms with van der Waals surface area (Å²) in [6.45, 7) is 4.33. The number of hydrogen-bond acceptors (Lipinski definition) is 4. The molecule has 0 spiro atoms. The van der Waals surface area contributed by atoms with Crippen LogP contribution in [-0.4, -0.2) is 17.1 Å². The number of pyridine rings is 1. The molecule has 4 N–H and O–H groups in total. The second kappa shape index (κ2) is 9.63. The van der Waals surface area contributed by atoms with Gasteiger partial charge in [-0.1, -0.05) is 56.4 Å². The number of hydrogen-bond donors (Lipinski definition) is 3. The van der Waals surface area contributed by atoms with E-state index < -0.39 is 0 Å². The van der Waals surface area contributed by atoms with E-state index in [-0.39, 0.29) is 6.03 Å². The average Bonchev–Trinajstić information content (AvgIpc) is 3.62. The minimum atomic E-state index is -0.129. The Morgan fingerprint density at radius 2 is 1.85 bits per heavy atom. The molecule has 2 saturated carbocycles. The second-order valence-corrected chi connectivity index (χ2v) is 9.81. The number of benzene rings is 2. The number of anilines is 1. The summed E-state index contributed by atoms with van der Waals surface area (Å²) in [5.41, 5.74) is 9.35. The van der Waals surface area contributed by atoms with Gasteiger partial charge < -0.3 is 21.1 Å². The fourth-order valence-electron chi connectivity index (χ4n) is 5.49. The predicted molar refractivity (Wildman–Crippen MR) is 136 cm³/mol. The lowest BCUT2D eigenvalue weighted by Crippen LogP contribution is -2.32. The Hall–Kier alpha value is -3.12. The lowest BCUT2D eigenvalue weighted by atomic mass is 9.85. The molecule has 1 heterocycles. The van der Waals surface area contributed by atoms with Crippen LogP contribution in [0.15, 0.2) is 42.6 Å². The van der Waals surface area contributed by atoms with Crippen LogP contribution in [0, 0.1) is 25.7 Å². The number of urea groups is 1. The van der Waals surface area contributed by atoms with Crippen LogP contribution in [-0.2, 0) is 6.54 Å². The monoisotopic (exact) mass is 458 g/mol. The van der Waals surface area contributed by atoms with E-state index in [0.717, 1.165) is 57.1 Å². The number of nitrogens with zero attached hydrogens (tertiary/aromatic N) is 1. The fraction of sp³-hybridized carbons (Fsp3) is 0.429. The van der Waals surface area contributed by atoms with Gasteiger partial charge in [0, 0.05) is 40.7 Å². The molecule has 34 heavy (non-hydrogen) atoms. The number of ether oxygens (including phenoxy) is 1. The molecule has 6 nitrogen and oxygen atoms in total. The lowest BCUT2D eigenvalue weighted by Gasteiger charge is -2.21. The number of carbonyl (C=O) groups is 1. The third-order valence-electron chi connectivity index (χ3n) is 7.49. The van der Waals surface area contributed by atoms with Crippen molar-refractivity contribution in [3.8, 4) is 11.5 Å². The first-order valence-corrected chi connectivity index (χ1v) is 12.5. The molecule has 1 aromatic heterocycles. The molecule has 178 valence electrons. The van der Waals surface area contributed by atoms with E-state index in [9.17, 15) is 4.79 Å². The van der Waals surface area contributed by atoms with Gasteiger partial charge in [-0.05, 0) is 44.2 Å². The van der Waals surface area contributed by atoms with Gasteiger partial charge in [0.15, 0.2) is 0 Å². The zero-order valence-corrected chi connectivity index (χ0v) is 20.1. The maximum atomic E-state index is 12.8. The molecule has 0 radical (unpaired) electrons. The lowest BCUT2D eigenvalue weighted by molar-refractivity contribution is 0.249. The highest BCUT2D eigenvalue weighted by molar-refractivity contribution is 6.04. The van der Waals surface area contributed by atoms with E-state index in [1.54, 1.807) is 6.20 Å².